The van der Waals surface area contributed by atoms with Crippen LogP contribution in [0, 0.1) is 0 Å². The number of ether oxygens (including phenoxy) is 1. The van der Waals surface area contributed by atoms with E-state index < -0.39 is 0 Å². The molecule has 1 N–H and O–H groups in total. The number of carbonyl (C=O) groups excluding carboxylic acids is 1. The zero-order valence-corrected chi connectivity index (χ0v) is 18.4. The zero-order chi connectivity index (χ0) is 21.6. The molecule has 160 valence electrons. The molecule has 1 heterocycles. The molecular formula is C26H27ClN2O2. The number of nitrogens with zero attached hydrogens (tertiary/aromatic N) is 1. The molecule has 5 heteroatoms. The summed E-state index contributed by atoms with van der Waals surface area (Å²) >= 11 is 6.18. The Balaban J connectivity index is 1.26. The summed E-state index contributed by atoms with van der Waals surface area (Å²) in [4.78, 5) is 15.0. The van der Waals surface area contributed by atoms with Crippen molar-refractivity contribution in [2.24, 2.45) is 0 Å². The molecule has 0 radical (unpaired) electrons. The van der Waals surface area contributed by atoms with E-state index in [1.165, 1.54) is 11.3 Å². The number of hydrogen-bond donors (Lipinski definition) is 1. The van der Waals surface area contributed by atoms with E-state index in [0.29, 0.717) is 35.5 Å². The SMILES string of the molecule is C[C@H]1Cc2ccccc2N1CCCNC(=O)c1cccc(OCc2ccccc2Cl)c1. The fourth-order valence-corrected chi connectivity index (χ4v) is 4.22. The van der Waals surface area contributed by atoms with Crippen LogP contribution in [0.2, 0.25) is 5.02 Å². The second-order valence-corrected chi connectivity index (χ2v) is 8.30. The van der Waals surface area contributed by atoms with Crippen molar-refractivity contribution >= 4 is 23.2 Å². The molecule has 0 aliphatic carbocycles. The molecule has 3 aromatic carbocycles. The van der Waals surface area contributed by atoms with E-state index in [1.807, 2.05) is 36.4 Å². The minimum absolute atomic E-state index is 0.0851. The van der Waals surface area contributed by atoms with E-state index in [4.69, 9.17) is 16.3 Å². The summed E-state index contributed by atoms with van der Waals surface area (Å²) in [6, 6.07) is 23.9. The van der Waals surface area contributed by atoms with Gasteiger partial charge < -0.3 is 15.0 Å². The molecular weight excluding hydrogens is 408 g/mol. The number of nitrogens with one attached hydrogen (secondary N) is 1. The lowest BCUT2D eigenvalue weighted by Gasteiger charge is -2.25. The molecule has 0 bridgehead atoms. The molecule has 1 amide bonds. The highest BCUT2D eigenvalue weighted by Crippen LogP contribution is 2.31. The number of fused-ring (bicyclic) bond motifs is 1. The third kappa shape index (κ3) is 5.20. The molecule has 0 unspecified atom stereocenters. The van der Waals surface area contributed by atoms with Crippen LogP contribution in [0.4, 0.5) is 5.69 Å². The van der Waals surface area contributed by atoms with E-state index >= 15 is 0 Å². The van der Waals surface area contributed by atoms with Crippen LogP contribution in [0.1, 0.15) is 34.8 Å². The Hall–Kier alpha value is -2.98. The molecule has 1 aliphatic heterocycles. The van der Waals surface area contributed by atoms with Gasteiger partial charge in [0, 0.05) is 41.0 Å². The van der Waals surface area contributed by atoms with Crippen molar-refractivity contribution in [3.8, 4) is 5.75 Å². The van der Waals surface area contributed by atoms with Gasteiger partial charge in [-0.05, 0) is 55.7 Å². The summed E-state index contributed by atoms with van der Waals surface area (Å²) in [7, 11) is 0. The predicted octanol–water partition coefficient (Wildman–Crippen LogP) is 5.49. The summed E-state index contributed by atoms with van der Waals surface area (Å²) in [5.41, 5.74) is 4.24. The smallest absolute Gasteiger partial charge is 0.251 e. The van der Waals surface area contributed by atoms with Crippen molar-refractivity contribution in [3.63, 3.8) is 0 Å². The highest BCUT2D eigenvalue weighted by Gasteiger charge is 2.24. The molecule has 0 saturated carbocycles. The van der Waals surface area contributed by atoms with Crippen LogP contribution < -0.4 is 15.0 Å². The number of rotatable bonds is 8. The average molecular weight is 435 g/mol. The fourth-order valence-electron chi connectivity index (χ4n) is 4.03. The van der Waals surface area contributed by atoms with Crippen molar-refractivity contribution in [2.45, 2.75) is 32.4 Å². The Morgan fingerprint density at radius 2 is 1.90 bits per heavy atom. The van der Waals surface area contributed by atoms with Crippen LogP contribution in [0.25, 0.3) is 0 Å². The van der Waals surface area contributed by atoms with Gasteiger partial charge in [0.1, 0.15) is 12.4 Å². The van der Waals surface area contributed by atoms with Crippen LogP contribution in [-0.2, 0) is 13.0 Å². The van der Waals surface area contributed by atoms with E-state index in [9.17, 15) is 4.79 Å². The van der Waals surface area contributed by atoms with Crippen molar-refractivity contribution in [1.29, 1.82) is 0 Å². The van der Waals surface area contributed by atoms with Crippen LogP contribution in [0.5, 0.6) is 5.75 Å². The van der Waals surface area contributed by atoms with Crippen LogP contribution in [0.15, 0.2) is 72.8 Å². The Bertz CT molecular complexity index is 1050. The molecule has 0 saturated heterocycles. The molecule has 4 rings (SSSR count). The largest absolute Gasteiger partial charge is 0.489 e. The minimum atomic E-state index is -0.0851. The maximum absolute atomic E-state index is 12.6. The summed E-state index contributed by atoms with van der Waals surface area (Å²) in [5.74, 6) is 0.563. The van der Waals surface area contributed by atoms with Gasteiger partial charge in [-0.15, -0.1) is 0 Å². The molecule has 0 fully saturated rings. The third-order valence-corrected chi connectivity index (χ3v) is 6.03. The number of hydrogen-bond acceptors (Lipinski definition) is 3. The number of halogens is 1. The summed E-state index contributed by atoms with van der Waals surface area (Å²) in [6.07, 6.45) is 1.98. The number of para-hydroxylation sites is 1. The molecule has 0 aromatic heterocycles. The lowest BCUT2D eigenvalue weighted by Crippen LogP contribution is -2.33. The number of anilines is 1. The second-order valence-electron chi connectivity index (χ2n) is 7.89. The zero-order valence-electron chi connectivity index (χ0n) is 17.7. The van der Waals surface area contributed by atoms with E-state index in [-0.39, 0.29) is 5.91 Å². The number of benzene rings is 3. The fraction of sp³-hybridized carbons (Fsp3) is 0.269. The minimum Gasteiger partial charge on any atom is -0.489 e. The van der Waals surface area contributed by atoms with Gasteiger partial charge in [-0.2, -0.15) is 0 Å². The average Bonchev–Trinajstić information content (AvgIpc) is 3.11. The maximum atomic E-state index is 12.6. The summed E-state index contributed by atoms with van der Waals surface area (Å²) < 4.78 is 5.83. The Kier molecular flexibility index (Phi) is 6.78. The summed E-state index contributed by atoms with van der Waals surface area (Å²) in [5, 5.41) is 3.70. The van der Waals surface area contributed by atoms with Crippen LogP contribution in [-0.4, -0.2) is 25.0 Å². The van der Waals surface area contributed by atoms with Crippen LogP contribution in [0.3, 0.4) is 0 Å². The topological polar surface area (TPSA) is 41.6 Å². The van der Waals surface area contributed by atoms with Crippen molar-refractivity contribution < 1.29 is 9.53 Å². The van der Waals surface area contributed by atoms with Gasteiger partial charge in [0.05, 0.1) is 0 Å². The molecule has 0 spiro atoms. The summed E-state index contributed by atoms with van der Waals surface area (Å²) in [6.45, 7) is 4.18. The van der Waals surface area contributed by atoms with Gasteiger partial charge in [0.25, 0.3) is 5.91 Å². The van der Waals surface area contributed by atoms with Crippen molar-refractivity contribution in [3.05, 3.63) is 94.5 Å². The Morgan fingerprint density at radius 1 is 1.10 bits per heavy atom. The molecule has 31 heavy (non-hydrogen) atoms. The van der Waals surface area contributed by atoms with Crippen LogP contribution >= 0.6 is 11.6 Å². The van der Waals surface area contributed by atoms with E-state index in [0.717, 1.165) is 24.9 Å². The number of amides is 1. The van der Waals surface area contributed by atoms with Gasteiger partial charge in [0.15, 0.2) is 0 Å². The van der Waals surface area contributed by atoms with E-state index in [2.05, 4.69) is 41.4 Å². The van der Waals surface area contributed by atoms with Gasteiger partial charge in [0.2, 0.25) is 0 Å². The second kappa shape index (κ2) is 9.88. The van der Waals surface area contributed by atoms with Gasteiger partial charge in [-0.25, -0.2) is 0 Å². The Labute approximate surface area is 188 Å². The monoisotopic (exact) mass is 434 g/mol. The highest BCUT2D eigenvalue weighted by molar-refractivity contribution is 6.31. The lowest BCUT2D eigenvalue weighted by atomic mass is 10.1. The highest BCUT2D eigenvalue weighted by atomic mass is 35.5. The molecule has 1 aliphatic rings. The third-order valence-electron chi connectivity index (χ3n) is 5.66. The first kappa shape index (κ1) is 21.3. The van der Waals surface area contributed by atoms with Crippen molar-refractivity contribution in [2.75, 3.05) is 18.0 Å². The van der Waals surface area contributed by atoms with Crippen molar-refractivity contribution in [1.82, 2.24) is 5.32 Å². The van der Waals surface area contributed by atoms with Gasteiger partial charge in [-0.3, -0.25) is 4.79 Å². The first-order chi connectivity index (χ1) is 15.1. The predicted molar refractivity (Wildman–Crippen MR) is 126 cm³/mol. The van der Waals surface area contributed by atoms with E-state index in [1.54, 1.807) is 12.1 Å². The first-order valence-corrected chi connectivity index (χ1v) is 11.1. The van der Waals surface area contributed by atoms with Gasteiger partial charge >= 0.3 is 0 Å². The maximum Gasteiger partial charge on any atom is 0.251 e. The Morgan fingerprint density at radius 3 is 2.77 bits per heavy atom. The quantitative estimate of drug-likeness (QED) is 0.476. The lowest BCUT2D eigenvalue weighted by molar-refractivity contribution is 0.0953. The molecule has 1 atom stereocenters. The molecule has 3 aromatic rings. The molecule has 4 nitrogen and oxygen atoms in total. The number of carbonyl (C=O) groups is 1. The normalized spacial score (nSPS) is 14.9. The van der Waals surface area contributed by atoms with Gasteiger partial charge in [-0.1, -0.05) is 54.1 Å². The standard InChI is InChI=1S/C26H27ClN2O2/c1-19-16-20-8-3-5-13-25(20)29(19)15-7-14-28-26(30)21-10-6-11-23(17-21)31-18-22-9-2-4-12-24(22)27/h2-6,8-13,17,19H,7,14-16,18H2,1H3,(H,28,30)/t19-/m0/s1. The first-order valence-electron chi connectivity index (χ1n) is 10.7.